The number of Topliss-reactive ketones (excluding diaryl/α,β-unsaturated/α-hetero) is 1. The van der Waals surface area contributed by atoms with E-state index in [2.05, 4.69) is 0 Å². The number of carbonyl (C=O) groups excluding carboxylic acids is 1. The van der Waals surface area contributed by atoms with Crippen LogP contribution in [0.5, 0.6) is 5.75 Å². The molecule has 0 spiro atoms. The van der Waals surface area contributed by atoms with Crippen LogP contribution in [-0.2, 0) is 11.2 Å². The highest BCUT2D eigenvalue weighted by Crippen LogP contribution is 2.14. The Morgan fingerprint density at radius 1 is 1.47 bits per heavy atom. The van der Waals surface area contributed by atoms with Crippen LogP contribution in [0.15, 0.2) is 24.3 Å². The number of hydrogen-bond acceptors (Lipinski definition) is 3. The standard InChI is InChI=1S/C14H21NO2/c1-11(15)5-3-7-13(16)9-12-6-4-8-14(10-12)17-2/h4,6,8,10-11H,3,5,7,9,15H2,1-2H3. The van der Waals surface area contributed by atoms with Crippen LogP contribution in [0.1, 0.15) is 31.7 Å². The highest BCUT2D eigenvalue weighted by Gasteiger charge is 2.05. The number of ether oxygens (including phenoxy) is 1. The normalized spacial score (nSPS) is 12.2. The summed E-state index contributed by atoms with van der Waals surface area (Å²) in [6, 6.07) is 7.82. The van der Waals surface area contributed by atoms with Gasteiger partial charge in [0.05, 0.1) is 7.11 Å². The van der Waals surface area contributed by atoms with E-state index in [0.717, 1.165) is 24.2 Å². The minimum atomic E-state index is 0.180. The van der Waals surface area contributed by atoms with Gasteiger partial charge in [0.2, 0.25) is 0 Å². The molecule has 0 amide bonds. The van der Waals surface area contributed by atoms with Crippen LogP contribution >= 0.6 is 0 Å². The molecule has 3 heteroatoms. The zero-order valence-corrected chi connectivity index (χ0v) is 10.6. The first-order chi connectivity index (χ1) is 8.11. The fourth-order valence-corrected chi connectivity index (χ4v) is 1.72. The van der Waals surface area contributed by atoms with Gasteiger partial charge in [-0.15, -0.1) is 0 Å². The molecule has 0 heterocycles. The molecule has 0 aliphatic rings. The van der Waals surface area contributed by atoms with Gasteiger partial charge in [-0.2, -0.15) is 0 Å². The Bertz CT molecular complexity index is 361. The number of benzene rings is 1. The molecule has 0 saturated carbocycles. The summed E-state index contributed by atoms with van der Waals surface area (Å²) >= 11 is 0. The zero-order valence-electron chi connectivity index (χ0n) is 10.6. The van der Waals surface area contributed by atoms with Crippen molar-refractivity contribution >= 4 is 5.78 Å². The maximum Gasteiger partial charge on any atom is 0.137 e. The third-order valence-electron chi connectivity index (χ3n) is 2.65. The molecule has 0 aliphatic carbocycles. The van der Waals surface area contributed by atoms with Crippen LogP contribution in [0.3, 0.4) is 0 Å². The summed E-state index contributed by atoms with van der Waals surface area (Å²) in [7, 11) is 1.63. The van der Waals surface area contributed by atoms with Gasteiger partial charge < -0.3 is 10.5 Å². The Balaban J connectivity index is 2.39. The molecular formula is C14H21NO2. The molecule has 0 bridgehead atoms. The van der Waals surface area contributed by atoms with Crippen LogP contribution in [0, 0.1) is 0 Å². The van der Waals surface area contributed by atoms with Crippen molar-refractivity contribution in [1.29, 1.82) is 0 Å². The van der Waals surface area contributed by atoms with E-state index in [1.165, 1.54) is 0 Å². The molecule has 0 aromatic heterocycles. The van der Waals surface area contributed by atoms with E-state index in [1.807, 2.05) is 31.2 Å². The molecule has 1 aromatic rings. The predicted molar refractivity (Wildman–Crippen MR) is 69.2 cm³/mol. The van der Waals surface area contributed by atoms with Crippen molar-refractivity contribution in [3.63, 3.8) is 0 Å². The molecule has 1 aromatic carbocycles. The maximum absolute atomic E-state index is 11.7. The lowest BCUT2D eigenvalue weighted by Crippen LogP contribution is -2.15. The van der Waals surface area contributed by atoms with Crippen molar-refractivity contribution < 1.29 is 9.53 Å². The monoisotopic (exact) mass is 235 g/mol. The predicted octanol–water partition coefficient (Wildman–Crippen LogP) is 2.32. The van der Waals surface area contributed by atoms with E-state index in [1.54, 1.807) is 7.11 Å². The fourth-order valence-electron chi connectivity index (χ4n) is 1.72. The number of rotatable bonds is 7. The zero-order chi connectivity index (χ0) is 12.7. The Labute approximate surface area is 103 Å². The fraction of sp³-hybridized carbons (Fsp3) is 0.500. The van der Waals surface area contributed by atoms with Crippen molar-refractivity contribution in [3.05, 3.63) is 29.8 Å². The number of carbonyl (C=O) groups is 1. The van der Waals surface area contributed by atoms with Gasteiger partial charge in [0.25, 0.3) is 0 Å². The molecule has 94 valence electrons. The van der Waals surface area contributed by atoms with Gasteiger partial charge in [-0.3, -0.25) is 4.79 Å². The molecule has 3 nitrogen and oxygen atoms in total. The van der Waals surface area contributed by atoms with Crippen molar-refractivity contribution in [1.82, 2.24) is 0 Å². The van der Waals surface area contributed by atoms with E-state index in [4.69, 9.17) is 10.5 Å². The van der Waals surface area contributed by atoms with Crippen molar-refractivity contribution in [3.8, 4) is 5.75 Å². The van der Waals surface area contributed by atoms with E-state index in [0.29, 0.717) is 12.8 Å². The number of ketones is 1. The van der Waals surface area contributed by atoms with E-state index in [-0.39, 0.29) is 11.8 Å². The van der Waals surface area contributed by atoms with E-state index < -0.39 is 0 Å². The molecule has 0 fully saturated rings. The summed E-state index contributed by atoms with van der Waals surface area (Å²) in [5.74, 6) is 1.06. The van der Waals surface area contributed by atoms with Gasteiger partial charge in [0, 0.05) is 18.9 Å². The smallest absolute Gasteiger partial charge is 0.137 e. The van der Waals surface area contributed by atoms with Crippen molar-refractivity contribution in [2.45, 2.75) is 38.6 Å². The highest BCUT2D eigenvalue weighted by atomic mass is 16.5. The second-order valence-corrected chi connectivity index (χ2v) is 4.44. The van der Waals surface area contributed by atoms with Crippen LogP contribution in [0.4, 0.5) is 0 Å². The van der Waals surface area contributed by atoms with Crippen molar-refractivity contribution in [2.24, 2.45) is 5.73 Å². The van der Waals surface area contributed by atoms with Gasteiger partial charge in [-0.25, -0.2) is 0 Å². The van der Waals surface area contributed by atoms with Crippen LogP contribution in [0.25, 0.3) is 0 Å². The average molecular weight is 235 g/mol. The molecule has 0 aliphatic heterocycles. The summed E-state index contributed by atoms with van der Waals surface area (Å²) in [5, 5.41) is 0. The van der Waals surface area contributed by atoms with Crippen LogP contribution < -0.4 is 10.5 Å². The highest BCUT2D eigenvalue weighted by molar-refractivity contribution is 5.80. The van der Waals surface area contributed by atoms with Crippen molar-refractivity contribution in [2.75, 3.05) is 7.11 Å². The van der Waals surface area contributed by atoms with E-state index >= 15 is 0 Å². The summed E-state index contributed by atoms with van der Waals surface area (Å²) in [5.41, 5.74) is 6.65. The second-order valence-electron chi connectivity index (χ2n) is 4.44. The summed E-state index contributed by atoms with van der Waals surface area (Å²) in [6.45, 7) is 1.96. The number of hydrogen-bond donors (Lipinski definition) is 1. The van der Waals surface area contributed by atoms with Crippen LogP contribution in [-0.4, -0.2) is 18.9 Å². The molecule has 1 rings (SSSR count). The molecule has 1 atom stereocenters. The lowest BCUT2D eigenvalue weighted by molar-refractivity contribution is -0.118. The Morgan fingerprint density at radius 3 is 2.88 bits per heavy atom. The molecule has 2 N–H and O–H groups in total. The molecule has 1 unspecified atom stereocenters. The van der Waals surface area contributed by atoms with Gasteiger partial charge in [0.15, 0.2) is 0 Å². The summed E-state index contributed by atoms with van der Waals surface area (Å²) < 4.78 is 5.12. The summed E-state index contributed by atoms with van der Waals surface area (Å²) in [6.07, 6.45) is 2.87. The average Bonchev–Trinajstić information content (AvgIpc) is 2.28. The number of nitrogens with two attached hydrogens (primary N) is 1. The van der Waals surface area contributed by atoms with E-state index in [9.17, 15) is 4.79 Å². The first kappa shape index (κ1) is 13.7. The number of methoxy groups -OCH3 is 1. The largest absolute Gasteiger partial charge is 0.497 e. The molecular weight excluding hydrogens is 214 g/mol. The molecule has 17 heavy (non-hydrogen) atoms. The topological polar surface area (TPSA) is 52.3 Å². The third kappa shape index (κ3) is 5.50. The second kappa shape index (κ2) is 7.07. The molecule has 0 saturated heterocycles. The Kier molecular flexibility index (Phi) is 5.70. The lowest BCUT2D eigenvalue weighted by atomic mass is 10.0. The molecule has 0 radical (unpaired) electrons. The van der Waals surface area contributed by atoms with Crippen LogP contribution in [0.2, 0.25) is 0 Å². The van der Waals surface area contributed by atoms with Gasteiger partial charge in [0.1, 0.15) is 11.5 Å². The summed E-state index contributed by atoms with van der Waals surface area (Å²) in [4.78, 5) is 11.7. The Morgan fingerprint density at radius 2 is 2.24 bits per heavy atom. The first-order valence-corrected chi connectivity index (χ1v) is 6.02. The Hall–Kier alpha value is -1.35. The first-order valence-electron chi connectivity index (χ1n) is 6.02. The SMILES string of the molecule is COc1cccc(CC(=O)CCCC(C)N)c1. The quantitative estimate of drug-likeness (QED) is 0.789. The lowest BCUT2D eigenvalue weighted by Gasteiger charge is -2.05. The third-order valence-corrected chi connectivity index (χ3v) is 2.65. The minimum absolute atomic E-state index is 0.180. The van der Waals surface area contributed by atoms with Gasteiger partial charge in [-0.05, 0) is 37.5 Å². The van der Waals surface area contributed by atoms with Gasteiger partial charge in [-0.1, -0.05) is 12.1 Å². The van der Waals surface area contributed by atoms with Gasteiger partial charge >= 0.3 is 0 Å². The minimum Gasteiger partial charge on any atom is -0.497 e. The maximum atomic E-state index is 11.7.